The van der Waals surface area contributed by atoms with E-state index in [0.29, 0.717) is 12.5 Å². The van der Waals surface area contributed by atoms with Gasteiger partial charge in [0, 0.05) is 37.5 Å². The van der Waals surface area contributed by atoms with Crippen LogP contribution in [0.3, 0.4) is 0 Å². The molecule has 1 aliphatic heterocycles. The van der Waals surface area contributed by atoms with Crippen LogP contribution in [-0.4, -0.2) is 56.7 Å². The van der Waals surface area contributed by atoms with Crippen LogP contribution in [-0.2, 0) is 9.53 Å². The Balaban J connectivity index is 0.00000169. The van der Waals surface area contributed by atoms with E-state index in [9.17, 15) is 4.79 Å². The van der Waals surface area contributed by atoms with Crippen molar-refractivity contribution >= 4 is 30.7 Å². The Hall–Kier alpha value is -0.0700. The van der Waals surface area contributed by atoms with Gasteiger partial charge in [0.2, 0.25) is 5.91 Å². The zero-order valence-corrected chi connectivity index (χ0v) is 17.6. The van der Waals surface area contributed by atoms with Crippen LogP contribution in [0.15, 0.2) is 0 Å². The summed E-state index contributed by atoms with van der Waals surface area (Å²) >= 11 is 0. The van der Waals surface area contributed by atoms with Crippen LogP contribution in [0, 0.1) is 17.3 Å². The number of nitrogens with two attached hydrogens (primary N) is 1. The van der Waals surface area contributed by atoms with Gasteiger partial charge in [-0.3, -0.25) is 9.69 Å². The smallest absolute Gasteiger partial charge is 0.223 e. The Kier molecular flexibility index (Phi) is 10.8. The first kappa shape index (κ1) is 24.0. The molecule has 0 radical (unpaired) electrons. The largest absolute Gasteiger partial charge is 0.379 e. The molecule has 2 atom stereocenters. The molecule has 3 aliphatic rings. The number of amides is 1. The van der Waals surface area contributed by atoms with Gasteiger partial charge in [-0.25, -0.2) is 0 Å². The average Bonchev–Trinajstić information content (AvgIpc) is 3.10. The Morgan fingerprint density at radius 2 is 1.77 bits per heavy atom. The highest BCUT2D eigenvalue weighted by Crippen LogP contribution is 2.37. The van der Waals surface area contributed by atoms with E-state index < -0.39 is 0 Å². The summed E-state index contributed by atoms with van der Waals surface area (Å²) in [5, 5.41) is 3.34. The molecule has 7 heteroatoms. The first-order valence-electron chi connectivity index (χ1n) is 10.0. The summed E-state index contributed by atoms with van der Waals surface area (Å²) in [7, 11) is 0. The number of nitrogens with zero attached hydrogens (tertiary/aromatic N) is 1. The molecule has 0 aromatic rings. The van der Waals surface area contributed by atoms with Crippen molar-refractivity contribution in [3.63, 3.8) is 0 Å². The Morgan fingerprint density at radius 1 is 1.08 bits per heavy atom. The van der Waals surface area contributed by atoms with Crippen molar-refractivity contribution in [1.29, 1.82) is 0 Å². The molecule has 3 rings (SSSR count). The second kappa shape index (κ2) is 11.7. The minimum Gasteiger partial charge on any atom is -0.379 e. The predicted molar refractivity (Wildman–Crippen MR) is 110 cm³/mol. The fourth-order valence-electron chi connectivity index (χ4n) is 5.00. The molecule has 0 unspecified atom stereocenters. The third-order valence-corrected chi connectivity index (χ3v) is 6.51. The number of nitrogens with one attached hydrogen (secondary N) is 1. The minimum atomic E-state index is 0. The molecule has 2 saturated carbocycles. The average molecular weight is 410 g/mol. The van der Waals surface area contributed by atoms with Crippen LogP contribution in [0.1, 0.15) is 51.4 Å². The SMILES string of the molecule is Cl.Cl.NC[C@H]1CCC[C@H]1C(=O)NCC1(CN2CCOCC2)CCCCC1. The summed E-state index contributed by atoms with van der Waals surface area (Å²) in [4.78, 5) is 15.2. The first-order valence-corrected chi connectivity index (χ1v) is 10.0. The van der Waals surface area contributed by atoms with E-state index in [2.05, 4.69) is 10.2 Å². The molecule has 3 N–H and O–H groups in total. The minimum absolute atomic E-state index is 0. The lowest BCUT2D eigenvalue weighted by Gasteiger charge is -2.42. The van der Waals surface area contributed by atoms with Gasteiger partial charge >= 0.3 is 0 Å². The molecule has 3 fully saturated rings. The highest BCUT2D eigenvalue weighted by Gasteiger charge is 2.37. The van der Waals surface area contributed by atoms with Gasteiger partial charge in [0.1, 0.15) is 0 Å². The van der Waals surface area contributed by atoms with Crippen LogP contribution in [0.4, 0.5) is 0 Å². The predicted octanol–water partition coefficient (Wildman–Crippen LogP) is 2.60. The second-order valence-corrected chi connectivity index (χ2v) is 8.20. The zero-order valence-electron chi connectivity index (χ0n) is 15.9. The zero-order chi connectivity index (χ0) is 16.8. The Bertz CT molecular complexity index is 414. The quantitative estimate of drug-likeness (QED) is 0.707. The molecule has 26 heavy (non-hydrogen) atoms. The lowest BCUT2D eigenvalue weighted by atomic mass is 9.73. The molecule has 0 bridgehead atoms. The molecule has 2 aliphatic carbocycles. The van der Waals surface area contributed by atoms with Crippen molar-refractivity contribution in [3.05, 3.63) is 0 Å². The summed E-state index contributed by atoms with van der Waals surface area (Å²) in [6.07, 6.45) is 9.72. The van der Waals surface area contributed by atoms with Crippen molar-refractivity contribution in [1.82, 2.24) is 10.2 Å². The number of carbonyl (C=O) groups is 1. The van der Waals surface area contributed by atoms with Gasteiger partial charge in [-0.15, -0.1) is 24.8 Å². The number of halogens is 2. The molecule has 1 heterocycles. The summed E-state index contributed by atoms with van der Waals surface area (Å²) in [5.41, 5.74) is 6.12. The monoisotopic (exact) mass is 409 g/mol. The highest BCUT2D eigenvalue weighted by molar-refractivity contribution is 5.85. The van der Waals surface area contributed by atoms with Crippen molar-refractivity contribution < 1.29 is 9.53 Å². The fourth-order valence-corrected chi connectivity index (χ4v) is 5.00. The summed E-state index contributed by atoms with van der Waals surface area (Å²) in [6, 6.07) is 0. The van der Waals surface area contributed by atoms with Crippen molar-refractivity contribution in [3.8, 4) is 0 Å². The summed E-state index contributed by atoms with van der Waals surface area (Å²) < 4.78 is 5.49. The van der Waals surface area contributed by atoms with Gasteiger partial charge in [-0.2, -0.15) is 0 Å². The maximum Gasteiger partial charge on any atom is 0.223 e. The van der Waals surface area contributed by atoms with Crippen LogP contribution in [0.5, 0.6) is 0 Å². The van der Waals surface area contributed by atoms with Crippen LogP contribution in [0.25, 0.3) is 0 Å². The van der Waals surface area contributed by atoms with Crippen molar-refractivity contribution in [2.75, 3.05) is 45.9 Å². The number of carbonyl (C=O) groups excluding carboxylic acids is 1. The van der Waals surface area contributed by atoms with Gasteiger partial charge in [0.15, 0.2) is 0 Å². The van der Waals surface area contributed by atoms with E-state index in [0.717, 1.165) is 58.7 Å². The number of hydrogen-bond donors (Lipinski definition) is 2. The summed E-state index contributed by atoms with van der Waals surface area (Å²) in [6.45, 7) is 6.38. The van der Waals surface area contributed by atoms with Gasteiger partial charge < -0.3 is 15.8 Å². The number of morpholine rings is 1. The number of ether oxygens (including phenoxy) is 1. The molecule has 5 nitrogen and oxygen atoms in total. The molecule has 154 valence electrons. The van der Waals surface area contributed by atoms with E-state index in [1.165, 1.54) is 32.1 Å². The Morgan fingerprint density at radius 3 is 2.42 bits per heavy atom. The van der Waals surface area contributed by atoms with Crippen molar-refractivity contribution in [2.24, 2.45) is 23.0 Å². The summed E-state index contributed by atoms with van der Waals surface area (Å²) in [5.74, 6) is 0.806. The lowest BCUT2D eigenvalue weighted by molar-refractivity contribution is -0.126. The molecule has 1 amide bonds. The molecular weight excluding hydrogens is 373 g/mol. The maximum atomic E-state index is 12.7. The third kappa shape index (κ3) is 6.23. The number of hydrogen-bond acceptors (Lipinski definition) is 4. The normalized spacial score (nSPS) is 28.7. The van der Waals surface area contributed by atoms with Crippen molar-refractivity contribution in [2.45, 2.75) is 51.4 Å². The first-order chi connectivity index (χ1) is 11.7. The topological polar surface area (TPSA) is 67.6 Å². The van der Waals surface area contributed by atoms with E-state index in [4.69, 9.17) is 10.5 Å². The van der Waals surface area contributed by atoms with Gasteiger partial charge in [-0.1, -0.05) is 25.7 Å². The van der Waals surface area contributed by atoms with Crippen LogP contribution in [0.2, 0.25) is 0 Å². The van der Waals surface area contributed by atoms with E-state index in [-0.39, 0.29) is 42.1 Å². The van der Waals surface area contributed by atoms with E-state index in [1.807, 2.05) is 0 Å². The molecule has 1 saturated heterocycles. The molecule has 0 aromatic carbocycles. The highest BCUT2D eigenvalue weighted by atomic mass is 35.5. The van der Waals surface area contributed by atoms with Crippen LogP contribution < -0.4 is 11.1 Å². The molecule has 0 spiro atoms. The fraction of sp³-hybridized carbons (Fsp3) is 0.947. The maximum absolute atomic E-state index is 12.7. The number of rotatable bonds is 6. The van der Waals surface area contributed by atoms with Gasteiger partial charge in [-0.05, 0) is 38.1 Å². The Labute approximate surface area is 171 Å². The van der Waals surface area contributed by atoms with E-state index >= 15 is 0 Å². The van der Waals surface area contributed by atoms with Crippen LogP contribution >= 0.6 is 24.8 Å². The molecular formula is C19H37Cl2N3O2. The third-order valence-electron chi connectivity index (χ3n) is 6.51. The van der Waals surface area contributed by atoms with Gasteiger partial charge in [0.05, 0.1) is 13.2 Å². The standard InChI is InChI=1S/C19H35N3O2.2ClH/c20-13-16-5-4-6-17(16)18(23)21-14-19(7-2-1-3-8-19)15-22-9-11-24-12-10-22;;/h16-17H,1-15,20H2,(H,21,23);2*1H/t16-,17-;;/m1../s1. The lowest BCUT2D eigenvalue weighted by Crippen LogP contribution is -2.50. The second-order valence-electron chi connectivity index (χ2n) is 8.20. The van der Waals surface area contributed by atoms with Gasteiger partial charge in [0.25, 0.3) is 0 Å². The van der Waals surface area contributed by atoms with E-state index in [1.54, 1.807) is 0 Å². The molecule has 0 aromatic heterocycles.